The molecule has 1 fully saturated rings. The highest BCUT2D eigenvalue weighted by molar-refractivity contribution is 6.34. The Kier molecular flexibility index (Phi) is 5.79. The van der Waals surface area contributed by atoms with Crippen molar-refractivity contribution in [3.05, 3.63) is 52.5 Å². The lowest BCUT2D eigenvalue weighted by atomic mass is 10.0. The number of pyridine rings is 1. The van der Waals surface area contributed by atoms with Crippen molar-refractivity contribution in [3.63, 3.8) is 0 Å². The van der Waals surface area contributed by atoms with E-state index in [-0.39, 0.29) is 5.91 Å². The first-order valence-electron chi connectivity index (χ1n) is 8.90. The summed E-state index contributed by atoms with van der Waals surface area (Å²) < 4.78 is 0. The maximum Gasteiger partial charge on any atom is 0.258 e. The molecule has 0 atom stereocenters. The molecule has 1 aromatic carbocycles. The number of nitrogens with zero attached hydrogens (tertiary/aromatic N) is 3. The van der Waals surface area contributed by atoms with Crippen molar-refractivity contribution in [3.8, 4) is 0 Å². The number of rotatable bonds is 4. The molecule has 138 valence electrons. The smallest absolute Gasteiger partial charge is 0.258 e. The zero-order valence-corrected chi connectivity index (χ0v) is 16.3. The van der Waals surface area contributed by atoms with Crippen molar-refractivity contribution in [2.45, 2.75) is 25.8 Å². The molecule has 0 spiro atoms. The van der Waals surface area contributed by atoms with Crippen LogP contribution in [0.15, 0.2) is 36.4 Å². The molecule has 26 heavy (non-hydrogen) atoms. The molecular weight excluding hydrogens is 348 g/mol. The molecule has 0 aliphatic carbocycles. The predicted octanol–water partition coefficient (Wildman–Crippen LogP) is 3.83. The minimum Gasteiger partial charge on any atom is -0.357 e. The van der Waals surface area contributed by atoms with E-state index in [1.165, 1.54) is 0 Å². The van der Waals surface area contributed by atoms with Crippen LogP contribution in [-0.2, 0) is 0 Å². The number of nitrogens with one attached hydrogen (secondary N) is 1. The summed E-state index contributed by atoms with van der Waals surface area (Å²) in [4.78, 5) is 21.7. The zero-order valence-electron chi connectivity index (χ0n) is 15.5. The molecule has 1 amide bonds. The number of piperidine rings is 1. The molecule has 0 radical (unpaired) electrons. The van der Waals surface area contributed by atoms with Gasteiger partial charge in [0.1, 0.15) is 11.6 Å². The van der Waals surface area contributed by atoms with E-state index in [1.807, 2.05) is 25.1 Å². The Bertz CT molecular complexity index is 787. The van der Waals surface area contributed by atoms with Crippen LogP contribution in [0.3, 0.4) is 0 Å². The van der Waals surface area contributed by atoms with Crippen molar-refractivity contribution in [2.75, 3.05) is 37.4 Å². The van der Waals surface area contributed by atoms with Crippen molar-refractivity contribution in [1.82, 2.24) is 9.88 Å². The number of carbonyl (C=O) groups is 1. The number of hydrogen-bond acceptors (Lipinski definition) is 4. The van der Waals surface area contributed by atoms with E-state index in [1.54, 1.807) is 18.2 Å². The topological polar surface area (TPSA) is 48.5 Å². The molecule has 1 N–H and O–H groups in total. The molecule has 6 heteroatoms. The number of benzene rings is 1. The zero-order chi connectivity index (χ0) is 18.7. The number of hydrogen-bond donors (Lipinski definition) is 1. The lowest BCUT2D eigenvalue weighted by Crippen LogP contribution is -2.42. The molecular formula is C20H25ClN4O. The van der Waals surface area contributed by atoms with E-state index < -0.39 is 0 Å². The van der Waals surface area contributed by atoms with E-state index in [0.29, 0.717) is 22.4 Å². The van der Waals surface area contributed by atoms with E-state index >= 15 is 0 Å². The molecule has 5 nitrogen and oxygen atoms in total. The molecule has 2 heterocycles. The normalized spacial score (nSPS) is 15.7. The number of halogens is 1. The summed E-state index contributed by atoms with van der Waals surface area (Å²) >= 11 is 6.19. The summed E-state index contributed by atoms with van der Waals surface area (Å²) in [6.07, 6.45) is 2.23. The van der Waals surface area contributed by atoms with E-state index in [4.69, 9.17) is 11.6 Å². The second kappa shape index (κ2) is 8.06. The Morgan fingerprint density at radius 3 is 2.69 bits per heavy atom. The predicted molar refractivity (Wildman–Crippen MR) is 107 cm³/mol. The fraction of sp³-hybridized carbons (Fsp3) is 0.400. The van der Waals surface area contributed by atoms with Gasteiger partial charge < -0.3 is 15.1 Å². The highest BCUT2D eigenvalue weighted by Gasteiger charge is 2.21. The summed E-state index contributed by atoms with van der Waals surface area (Å²) in [6.45, 7) is 4.13. The molecule has 0 unspecified atom stereocenters. The fourth-order valence-electron chi connectivity index (χ4n) is 3.25. The van der Waals surface area contributed by atoms with Crippen LogP contribution in [0.2, 0.25) is 5.02 Å². The summed E-state index contributed by atoms with van der Waals surface area (Å²) in [7, 11) is 4.22. The second-order valence-electron chi connectivity index (χ2n) is 6.96. The van der Waals surface area contributed by atoms with Crippen LogP contribution in [0.5, 0.6) is 0 Å². The van der Waals surface area contributed by atoms with Gasteiger partial charge in [0.2, 0.25) is 0 Å². The van der Waals surface area contributed by atoms with Crippen LogP contribution in [0.4, 0.5) is 11.6 Å². The van der Waals surface area contributed by atoms with Crippen molar-refractivity contribution >= 4 is 29.1 Å². The fourth-order valence-corrected chi connectivity index (χ4v) is 3.57. The minimum absolute atomic E-state index is 0.249. The van der Waals surface area contributed by atoms with Crippen LogP contribution < -0.4 is 10.2 Å². The van der Waals surface area contributed by atoms with Crippen LogP contribution in [-0.4, -0.2) is 49.0 Å². The van der Waals surface area contributed by atoms with Gasteiger partial charge in [0.25, 0.3) is 5.91 Å². The minimum atomic E-state index is -0.249. The number of amides is 1. The molecule has 0 bridgehead atoms. The summed E-state index contributed by atoms with van der Waals surface area (Å²) in [5.74, 6) is 1.15. The van der Waals surface area contributed by atoms with Crippen LogP contribution in [0, 0.1) is 6.92 Å². The third-order valence-electron chi connectivity index (χ3n) is 4.94. The summed E-state index contributed by atoms with van der Waals surface area (Å²) in [5.41, 5.74) is 1.47. The van der Waals surface area contributed by atoms with Crippen molar-refractivity contribution in [1.29, 1.82) is 0 Å². The molecule has 1 saturated heterocycles. The lowest BCUT2D eigenvalue weighted by molar-refractivity contribution is 0.102. The highest BCUT2D eigenvalue weighted by atomic mass is 35.5. The van der Waals surface area contributed by atoms with Crippen molar-refractivity contribution in [2.24, 2.45) is 0 Å². The first kappa shape index (κ1) is 18.7. The van der Waals surface area contributed by atoms with Gasteiger partial charge in [-0.15, -0.1) is 0 Å². The van der Waals surface area contributed by atoms with Gasteiger partial charge in [-0.3, -0.25) is 4.79 Å². The molecule has 1 aromatic heterocycles. The van der Waals surface area contributed by atoms with Gasteiger partial charge in [-0.1, -0.05) is 23.7 Å². The highest BCUT2D eigenvalue weighted by Crippen LogP contribution is 2.22. The number of anilines is 2. The maximum absolute atomic E-state index is 12.5. The summed E-state index contributed by atoms with van der Waals surface area (Å²) in [5, 5.41) is 3.30. The first-order valence-corrected chi connectivity index (χ1v) is 9.28. The first-order chi connectivity index (χ1) is 12.4. The average Bonchev–Trinajstić information content (AvgIpc) is 2.62. The Morgan fingerprint density at radius 1 is 1.27 bits per heavy atom. The second-order valence-corrected chi connectivity index (χ2v) is 7.37. The molecule has 3 rings (SSSR count). The third-order valence-corrected chi connectivity index (χ3v) is 5.26. The van der Waals surface area contributed by atoms with E-state index in [2.05, 4.69) is 34.2 Å². The van der Waals surface area contributed by atoms with Crippen LogP contribution >= 0.6 is 11.6 Å². The monoisotopic (exact) mass is 372 g/mol. The number of likely N-dealkylation sites (tertiary alicyclic amines) is 1. The van der Waals surface area contributed by atoms with Gasteiger partial charge in [0.05, 0.1) is 10.6 Å². The van der Waals surface area contributed by atoms with Crippen molar-refractivity contribution < 1.29 is 4.79 Å². The SMILES string of the molecule is Cc1ccc(C(=O)Nc2cccc(N(C)C3CCN(C)CC3)n2)c(Cl)c1. The molecule has 2 aromatic rings. The van der Waals surface area contributed by atoms with Gasteiger partial charge in [0, 0.05) is 13.1 Å². The Morgan fingerprint density at radius 2 is 2.00 bits per heavy atom. The molecule has 1 aliphatic heterocycles. The summed E-state index contributed by atoms with van der Waals surface area (Å²) in [6, 6.07) is 11.6. The van der Waals surface area contributed by atoms with E-state index in [0.717, 1.165) is 37.3 Å². The Labute approximate surface area is 160 Å². The van der Waals surface area contributed by atoms with Crippen LogP contribution in [0.1, 0.15) is 28.8 Å². The quantitative estimate of drug-likeness (QED) is 0.886. The average molecular weight is 373 g/mol. The third kappa shape index (κ3) is 4.34. The molecule has 0 saturated carbocycles. The van der Waals surface area contributed by atoms with Gasteiger partial charge in [-0.25, -0.2) is 4.98 Å². The molecule has 1 aliphatic rings. The number of aryl methyl sites for hydroxylation is 1. The van der Waals surface area contributed by atoms with Gasteiger partial charge in [-0.2, -0.15) is 0 Å². The Balaban J connectivity index is 1.71. The number of carbonyl (C=O) groups excluding carboxylic acids is 1. The lowest BCUT2D eigenvalue weighted by Gasteiger charge is -2.35. The van der Waals surface area contributed by atoms with Gasteiger partial charge in [0.15, 0.2) is 0 Å². The van der Waals surface area contributed by atoms with Gasteiger partial charge in [-0.05, 0) is 69.7 Å². The Hall–Kier alpha value is -2.11. The van der Waals surface area contributed by atoms with Crippen LogP contribution in [0.25, 0.3) is 0 Å². The maximum atomic E-state index is 12.5. The van der Waals surface area contributed by atoms with E-state index in [9.17, 15) is 4.79 Å². The standard InChI is InChI=1S/C20H25ClN4O/c1-14-7-8-16(17(21)13-14)20(26)23-18-5-4-6-19(22-18)25(3)15-9-11-24(2)12-10-15/h4-8,13,15H,9-12H2,1-3H3,(H,22,23,26). The number of aromatic nitrogens is 1. The largest absolute Gasteiger partial charge is 0.357 e. The van der Waals surface area contributed by atoms with Gasteiger partial charge >= 0.3 is 0 Å².